The van der Waals surface area contributed by atoms with Crippen LogP contribution in [0.2, 0.25) is 0 Å². The minimum atomic E-state index is -0.220. The average molecular weight is 205 g/mol. The lowest BCUT2D eigenvalue weighted by atomic mass is 10.2. The molecular formula is C10H11N3O2. The third-order valence-corrected chi connectivity index (χ3v) is 2.23. The molecule has 2 rings (SSSR count). The number of H-pyrrole nitrogens is 1. The number of hydroxylamine groups is 2. The molecule has 2 aromatic heterocycles. The zero-order chi connectivity index (χ0) is 10.8. The lowest BCUT2D eigenvalue weighted by molar-refractivity contribution is -0.0755. The van der Waals surface area contributed by atoms with Crippen molar-refractivity contribution in [3.8, 4) is 0 Å². The number of pyridine rings is 1. The average Bonchev–Trinajstić information content (AvgIpc) is 2.70. The zero-order valence-electron chi connectivity index (χ0n) is 8.52. The monoisotopic (exact) mass is 205 g/mol. The van der Waals surface area contributed by atoms with Crippen LogP contribution in [0.3, 0.4) is 0 Å². The maximum atomic E-state index is 11.8. The van der Waals surface area contributed by atoms with Gasteiger partial charge in [-0.3, -0.25) is 14.6 Å². The van der Waals surface area contributed by atoms with Gasteiger partial charge in [-0.1, -0.05) is 0 Å². The lowest BCUT2D eigenvalue weighted by Crippen LogP contribution is -2.25. The van der Waals surface area contributed by atoms with E-state index in [2.05, 4.69) is 9.97 Å². The number of amides is 1. The largest absolute Gasteiger partial charge is 0.359 e. The van der Waals surface area contributed by atoms with Crippen molar-refractivity contribution in [3.63, 3.8) is 0 Å². The summed E-state index contributed by atoms with van der Waals surface area (Å²) in [6.45, 7) is 0. The maximum Gasteiger partial charge on any atom is 0.280 e. The molecular weight excluding hydrogens is 194 g/mol. The van der Waals surface area contributed by atoms with E-state index in [-0.39, 0.29) is 5.91 Å². The Morgan fingerprint density at radius 3 is 3.13 bits per heavy atom. The van der Waals surface area contributed by atoms with Gasteiger partial charge in [0.25, 0.3) is 5.91 Å². The van der Waals surface area contributed by atoms with Gasteiger partial charge in [0.15, 0.2) is 0 Å². The fourth-order valence-electron chi connectivity index (χ4n) is 1.37. The number of nitrogens with one attached hydrogen (secondary N) is 1. The van der Waals surface area contributed by atoms with Crippen molar-refractivity contribution in [2.75, 3.05) is 14.2 Å². The Morgan fingerprint density at radius 2 is 2.40 bits per heavy atom. The third-order valence-electron chi connectivity index (χ3n) is 2.23. The van der Waals surface area contributed by atoms with Gasteiger partial charge in [-0.25, -0.2) is 5.06 Å². The van der Waals surface area contributed by atoms with Crippen LogP contribution in [0, 0.1) is 0 Å². The molecule has 0 spiro atoms. The van der Waals surface area contributed by atoms with Crippen LogP contribution in [0.5, 0.6) is 0 Å². The van der Waals surface area contributed by atoms with E-state index in [4.69, 9.17) is 4.84 Å². The number of rotatable bonds is 2. The quantitative estimate of drug-likeness (QED) is 0.749. The van der Waals surface area contributed by atoms with Crippen molar-refractivity contribution in [2.24, 2.45) is 0 Å². The van der Waals surface area contributed by atoms with Crippen molar-refractivity contribution in [1.29, 1.82) is 0 Å². The summed E-state index contributed by atoms with van der Waals surface area (Å²) in [7, 11) is 3.00. The van der Waals surface area contributed by atoms with Gasteiger partial charge in [0.05, 0.1) is 18.2 Å². The Kier molecular flexibility index (Phi) is 2.39. The summed E-state index contributed by atoms with van der Waals surface area (Å²) in [5.41, 5.74) is 2.01. The van der Waals surface area contributed by atoms with Crippen molar-refractivity contribution in [3.05, 3.63) is 30.1 Å². The molecule has 15 heavy (non-hydrogen) atoms. The third kappa shape index (κ3) is 1.57. The Labute approximate surface area is 86.6 Å². The standard InChI is InChI=1S/C10H11N3O2/c1-13(15-2)10(14)7-6-12-8-4-3-5-11-9(7)8/h3-6,12H,1-2H3. The van der Waals surface area contributed by atoms with Gasteiger partial charge < -0.3 is 4.98 Å². The van der Waals surface area contributed by atoms with Crippen molar-refractivity contribution < 1.29 is 9.63 Å². The normalized spacial score (nSPS) is 10.5. The number of hydrogen-bond acceptors (Lipinski definition) is 3. The van der Waals surface area contributed by atoms with E-state index in [0.29, 0.717) is 11.1 Å². The Hall–Kier alpha value is -1.88. The van der Waals surface area contributed by atoms with E-state index in [1.54, 1.807) is 19.4 Å². The zero-order valence-corrected chi connectivity index (χ0v) is 8.52. The summed E-state index contributed by atoms with van der Waals surface area (Å²) in [6.07, 6.45) is 3.29. The van der Waals surface area contributed by atoms with Gasteiger partial charge in [-0.05, 0) is 12.1 Å². The second-order valence-electron chi connectivity index (χ2n) is 3.09. The highest BCUT2D eigenvalue weighted by molar-refractivity contribution is 6.04. The van der Waals surface area contributed by atoms with Gasteiger partial charge in [0, 0.05) is 19.4 Å². The van der Waals surface area contributed by atoms with Gasteiger partial charge >= 0.3 is 0 Å². The highest BCUT2D eigenvalue weighted by atomic mass is 16.7. The minimum Gasteiger partial charge on any atom is -0.359 e. The number of fused-ring (bicyclic) bond motifs is 1. The molecule has 0 fully saturated rings. The second-order valence-corrected chi connectivity index (χ2v) is 3.09. The Balaban J connectivity index is 2.48. The summed E-state index contributed by atoms with van der Waals surface area (Å²) in [5.74, 6) is -0.220. The molecule has 0 aliphatic carbocycles. The molecule has 1 amide bonds. The molecule has 2 aromatic rings. The summed E-state index contributed by atoms with van der Waals surface area (Å²) in [6, 6.07) is 3.68. The molecule has 78 valence electrons. The van der Waals surface area contributed by atoms with Crippen LogP contribution in [-0.2, 0) is 4.84 Å². The Morgan fingerprint density at radius 1 is 1.60 bits per heavy atom. The lowest BCUT2D eigenvalue weighted by Gasteiger charge is -2.12. The highest BCUT2D eigenvalue weighted by Crippen LogP contribution is 2.16. The fraction of sp³-hybridized carbons (Fsp3) is 0.200. The van der Waals surface area contributed by atoms with E-state index < -0.39 is 0 Å². The molecule has 1 N–H and O–H groups in total. The number of hydrogen-bond donors (Lipinski definition) is 1. The van der Waals surface area contributed by atoms with E-state index in [1.807, 2.05) is 12.1 Å². The molecule has 5 nitrogen and oxygen atoms in total. The summed E-state index contributed by atoms with van der Waals surface area (Å²) < 4.78 is 0. The van der Waals surface area contributed by atoms with Crippen LogP contribution in [-0.4, -0.2) is 35.1 Å². The summed E-state index contributed by atoms with van der Waals surface area (Å²) in [4.78, 5) is 23.7. The number of carbonyl (C=O) groups excluding carboxylic acids is 1. The molecule has 0 radical (unpaired) electrons. The molecule has 2 heterocycles. The fourth-order valence-corrected chi connectivity index (χ4v) is 1.37. The molecule has 0 saturated heterocycles. The molecule has 0 aliphatic rings. The first-order valence-corrected chi connectivity index (χ1v) is 4.48. The first kappa shape index (κ1) is 9.67. The van der Waals surface area contributed by atoms with Gasteiger partial charge in [-0.2, -0.15) is 0 Å². The molecule has 0 saturated carbocycles. The molecule has 0 unspecified atom stereocenters. The van der Waals surface area contributed by atoms with Crippen LogP contribution in [0.15, 0.2) is 24.5 Å². The molecule has 0 bridgehead atoms. The smallest absolute Gasteiger partial charge is 0.280 e. The molecule has 0 aromatic carbocycles. The van der Waals surface area contributed by atoms with E-state index >= 15 is 0 Å². The predicted molar refractivity (Wildman–Crippen MR) is 55.2 cm³/mol. The number of nitrogens with zero attached hydrogens (tertiary/aromatic N) is 2. The molecule has 5 heteroatoms. The van der Waals surface area contributed by atoms with Gasteiger partial charge in [0.2, 0.25) is 0 Å². The van der Waals surface area contributed by atoms with Crippen LogP contribution in [0.4, 0.5) is 0 Å². The highest BCUT2D eigenvalue weighted by Gasteiger charge is 2.16. The van der Waals surface area contributed by atoms with Crippen molar-refractivity contribution in [1.82, 2.24) is 15.0 Å². The first-order valence-electron chi connectivity index (χ1n) is 4.48. The van der Waals surface area contributed by atoms with Gasteiger partial charge in [-0.15, -0.1) is 0 Å². The van der Waals surface area contributed by atoms with Crippen LogP contribution in [0.1, 0.15) is 10.4 Å². The topological polar surface area (TPSA) is 58.2 Å². The molecule has 0 atom stereocenters. The number of aromatic amines is 1. The summed E-state index contributed by atoms with van der Waals surface area (Å²) in [5, 5.41) is 1.16. The number of carbonyl (C=O) groups is 1. The predicted octanol–water partition coefficient (Wildman–Crippen LogP) is 1.20. The second kappa shape index (κ2) is 3.70. The Bertz CT molecular complexity index is 492. The maximum absolute atomic E-state index is 11.8. The first-order chi connectivity index (χ1) is 7.24. The van der Waals surface area contributed by atoms with E-state index in [1.165, 1.54) is 7.11 Å². The van der Waals surface area contributed by atoms with E-state index in [9.17, 15) is 4.79 Å². The van der Waals surface area contributed by atoms with E-state index in [0.717, 1.165) is 10.6 Å². The number of aromatic nitrogens is 2. The molecule has 0 aliphatic heterocycles. The van der Waals surface area contributed by atoms with Crippen molar-refractivity contribution >= 4 is 16.9 Å². The summed E-state index contributed by atoms with van der Waals surface area (Å²) >= 11 is 0. The SMILES string of the molecule is CON(C)C(=O)c1c[nH]c2cccnc12. The van der Waals surface area contributed by atoms with Gasteiger partial charge in [0.1, 0.15) is 5.52 Å². The van der Waals surface area contributed by atoms with Crippen LogP contribution >= 0.6 is 0 Å². The van der Waals surface area contributed by atoms with Crippen LogP contribution < -0.4 is 0 Å². The van der Waals surface area contributed by atoms with Crippen molar-refractivity contribution in [2.45, 2.75) is 0 Å². The minimum absolute atomic E-state index is 0.220. The van der Waals surface area contributed by atoms with Crippen LogP contribution in [0.25, 0.3) is 11.0 Å².